The molecule has 5 nitrogen and oxygen atoms in total. The summed E-state index contributed by atoms with van der Waals surface area (Å²) in [6, 6.07) is 5.73. The predicted molar refractivity (Wildman–Crippen MR) is 68.4 cm³/mol. The van der Waals surface area contributed by atoms with Gasteiger partial charge in [-0.1, -0.05) is 6.07 Å². The van der Waals surface area contributed by atoms with E-state index in [-0.39, 0.29) is 12.6 Å². The van der Waals surface area contributed by atoms with Gasteiger partial charge in [-0.2, -0.15) is 4.98 Å². The molecular formula is C12H21N3O2. The maximum atomic E-state index is 9.06. The van der Waals surface area contributed by atoms with Crippen molar-refractivity contribution in [2.45, 2.75) is 19.4 Å². The van der Waals surface area contributed by atoms with Gasteiger partial charge < -0.3 is 20.5 Å². The SMILES string of the molecule is COc1cccc(N(CCO)CCC(C)N)n1. The summed E-state index contributed by atoms with van der Waals surface area (Å²) in [5.41, 5.74) is 5.74. The Balaban J connectivity index is 2.73. The van der Waals surface area contributed by atoms with Crippen LogP contribution in [0, 0.1) is 0 Å². The van der Waals surface area contributed by atoms with E-state index in [1.807, 2.05) is 24.0 Å². The summed E-state index contributed by atoms with van der Waals surface area (Å²) in [7, 11) is 1.59. The molecule has 1 heterocycles. The van der Waals surface area contributed by atoms with E-state index in [0.29, 0.717) is 12.4 Å². The van der Waals surface area contributed by atoms with Crippen LogP contribution < -0.4 is 15.4 Å². The highest BCUT2D eigenvalue weighted by Crippen LogP contribution is 2.15. The van der Waals surface area contributed by atoms with Gasteiger partial charge in [0, 0.05) is 25.2 Å². The summed E-state index contributed by atoms with van der Waals surface area (Å²) in [6.45, 7) is 3.39. The van der Waals surface area contributed by atoms with Crippen LogP contribution in [0.2, 0.25) is 0 Å². The maximum Gasteiger partial charge on any atom is 0.214 e. The second-order valence-corrected chi connectivity index (χ2v) is 4.01. The van der Waals surface area contributed by atoms with Gasteiger partial charge in [0.05, 0.1) is 13.7 Å². The fraction of sp³-hybridized carbons (Fsp3) is 0.583. The number of rotatable bonds is 7. The van der Waals surface area contributed by atoms with Gasteiger partial charge in [-0.3, -0.25) is 0 Å². The van der Waals surface area contributed by atoms with Crippen molar-refractivity contribution in [3.8, 4) is 5.88 Å². The second-order valence-electron chi connectivity index (χ2n) is 4.01. The second kappa shape index (κ2) is 7.09. The molecule has 17 heavy (non-hydrogen) atoms. The lowest BCUT2D eigenvalue weighted by Gasteiger charge is -2.23. The van der Waals surface area contributed by atoms with Crippen molar-refractivity contribution in [2.24, 2.45) is 5.73 Å². The maximum absolute atomic E-state index is 9.06. The first-order valence-corrected chi connectivity index (χ1v) is 5.79. The van der Waals surface area contributed by atoms with Crippen LogP contribution in [0.3, 0.4) is 0 Å². The Bertz CT molecular complexity index is 331. The summed E-state index contributed by atoms with van der Waals surface area (Å²) in [5, 5.41) is 9.06. The first kappa shape index (κ1) is 13.7. The van der Waals surface area contributed by atoms with Gasteiger partial charge in [-0.05, 0) is 19.4 Å². The Labute approximate surface area is 102 Å². The first-order chi connectivity index (χ1) is 8.17. The smallest absolute Gasteiger partial charge is 0.214 e. The van der Waals surface area contributed by atoms with Crippen LogP contribution in [0.1, 0.15) is 13.3 Å². The molecule has 1 atom stereocenters. The molecule has 0 spiro atoms. The van der Waals surface area contributed by atoms with Crippen LogP contribution in [0.4, 0.5) is 5.82 Å². The Morgan fingerprint density at radius 2 is 2.24 bits per heavy atom. The molecule has 0 saturated carbocycles. The normalized spacial score (nSPS) is 12.2. The number of pyridine rings is 1. The minimum absolute atomic E-state index is 0.0951. The lowest BCUT2D eigenvalue weighted by molar-refractivity contribution is 0.300. The number of ether oxygens (including phenoxy) is 1. The average Bonchev–Trinajstić information content (AvgIpc) is 2.34. The van der Waals surface area contributed by atoms with Gasteiger partial charge in [0.1, 0.15) is 5.82 Å². The summed E-state index contributed by atoms with van der Waals surface area (Å²) in [6.07, 6.45) is 0.860. The van der Waals surface area contributed by atoms with Crippen LogP contribution >= 0.6 is 0 Å². The van der Waals surface area contributed by atoms with E-state index in [0.717, 1.165) is 18.8 Å². The zero-order valence-corrected chi connectivity index (χ0v) is 10.5. The molecule has 0 aromatic carbocycles. The van der Waals surface area contributed by atoms with Gasteiger partial charge in [-0.15, -0.1) is 0 Å². The Morgan fingerprint density at radius 3 is 2.82 bits per heavy atom. The first-order valence-electron chi connectivity index (χ1n) is 5.79. The Hall–Kier alpha value is -1.33. The van der Waals surface area contributed by atoms with Gasteiger partial charge in [0.15, 0.2) is 0 Å². The Morgan fingerprint density at radius 1 is 1.47 bits per heavy atom. The number of nitrogens with zero attached hydrogens (tertiary/aromatic N) is 2. The summed E-state index contributed by atoms with van der Waals surface area (Å²) in [5.74, 6) is 1.38. The molecular weight excluding hydrogens is 218 g/mol. The van der Waals surface area contributed by atoms with Gasteiger partial charge in [-0.25, -0.2) is 0 Å². The van der Waals surface area contributed by atoms with E-state index in [1.165, 1.54) is 0 Å². The number of hydrogen-bond acceptors (Lipinski definition) is 5. The quantitative estimate of drug-likeness (QED) is 0.730. The largest absolute Gasteiger partial charge is 0.481 e. The topological polar surface area (TPSA) is 71.6 Å². The minimum Gasteiger partial charge on any atom is -0.481 e. The minimum atomic E-state index is 0.0951. The number of methoxy groups -OCH3 is 1. The van der Waals surface area contributed by atoms with E-state index in [9.17, 15) is 0 Å². The zero-order valence-electron chi connectivity index (χ0n) is 10.5. The van der Waals surface area contributed by atoms with Crippen LogP contribution in [-0.4, -0.2) is 42.9 Å². The average molecular weight is 239 g/mol. The van der Waals surface area contributed by atoms with Crippen LogP contribution in [0.5, 0.6) is 5.88 Å². The van der Waals surface area contributed by atoms with Crippen LogP contribution in [0.25, 0.3) is 0 Å². The van der Waals surface area contributed by atoms with E-state index in [2.05, 4.69) is 4.98 Å². The van der Waals surface area contributed by atoms with Crippen molar-refractivity contribution >= 4 is 5.82 Å². The van der Waals surface area contributed by atoms with Gasteiger partial charge in [0.2, 0.25) is 5.88 Å². The summed E-state index contributed by atoms with van der Waals surface area (Å²) in [4.78, 5) is 6.35. The third-order valence-corrected chi connectivity index (χ3v) is 2.47. The molecule has 5 heteroatoms. The third-order valence-electron chi connectivity index (χ3n) is 2.47. The molecule has 0 amide bonds. The van der Waals surface area contributed by atoms with E-state index in [4.69, 9.17) is 15.6 Å². The highest BCUT2D eigenvalue weighted by atomic mass is 16.5. The van der Waals surface area contributed by atoms with Crippen LogP contribution in [0.15, 0.2) is 18.2 Å². The number of aromatic nitrogens is 1. The molecule has 0 radical (unpaired) electrons. The molecule has 0 aliphatic rings. The molecule has 1 aromatic heterocycles. The third kappa shape index (κ3) is 4.58. The lowest BCUT2D eigenvalue weighted by atomic mass is 10.2. The van der Waals surface area contributed by atoms with E-state index >= 15 is 0 Å². The van der Waals surface area contributed by atoms with Crippen LogP contribution in [-0.2, 0) is 0 Å². The fourth-order valence-corrected chi connectivity index (χ4v) is 1.51. The predicted octanol–water partition coefficient (Wildman–Crippen LogP) is 0.626. The van der Waals surface area contributed by atoms with Crippen molar-refractivity contribution in [2.75, 3.05) is 31.7 Å². The van der Waals surface area contributed by atoms with Crippen molar-refractivity contribution in [1.29, 1.82) is 0 Å². The molecule has 1 aromatic rings. The van der Waals surface area contributed by atoms with E-state index < -0.39 is 0 Å². The number of aliphatic hydroxyl groups is 1. The lowest BCUT2D eigenvalue weighted by Crippen LogP contribution is -2.32. The summed E-state index contributed by atoms with van der Waals surface area (Å²) >= 11 is 0. The molecule has 1 rings (SSSR count). The molecule has 1 unspecified atom stereocenters. The zero-order chi connectivity index (χ0) is 12.7. The molecule has 96 valence electrons. The van der Waals surface area contributed by atoms with Crippen molar-refractivity contribution in [3.05, 3.63) is 18.2 Å². The number of hydrogen-bond donors (Lipinski definition) is 2. The molecule has 0 aliphatic carbocycles. The van der Waals surface area contributed by atoms with Crippen molar-refractivity contribution in [3.63, 3.8) is 0 Å². The monoisotopic (exact) mass is 239 g/mol. The fourth-order valence-electron chi connectivity index (χ4n) is 1.51. The van der Waals surface area contributed by atoms with Gasteiger partial charge >= 0.3 is 0 Å². The Kier molecular flexibility index (Phi) is 5.72. The van der Waals surface area contributed by atoms with Crippen molar-refractivity contribution < 1.29 is 9.84 Å². The number of nitrogens with two attached hydrogens (primary N) is 1. The molecule has 0 aliphatic heterocycles. The highest BCUT2D eigenvalue weighted by Gasteiger charge is 2.09. The van der Waals surface area contributed by atoms with Gasteiger partial charge in [0.25, 0.3) is 0 Å². The molecule has 3 N–H and O–H groups in total. The molecule has 0 fully saturated rings. The van der Waals surface area contributed by atoms with E-state index in [1.54, 1.807) is 13.2 Å². The number of anilines is 1. The molecule has 0 bridgehead atoms. The highest BCUT2D eigenvalue weighted by molar-refractivity contribution is 5.40. The number of aliphatic hydroxyl groups excluding tert-OH is 1. The van der Waals surface area contributed by atoms with Crippen molar-refractivity contribution in [1.82, 2.24) is 4.98 Å². The summed E-state index contributed by atoms with van der Waals surface area (Å²) < 4.78 is 5.08. The standard InChI is InChI=1S/C12H21N3O2/c1-10(13)6-7-15(8-9-16)11-4-3-5-12(14-11)17-2/h3-5,10,16H,6-9,13H2,1-2H3. The molecule has 0 saturated heterocycles.